The van der Waals surface area contributed by atoms with Gasteiger partial charge in [-0.3, -0.25) is 0 Å². The summed E-state index contributed by atoms with van der Waals surface area (Å²) in [6, 6.07) is 6.35. The SMILES string of the molecule is CC[C@H](C)NC(=O)O[C@@H]1CC[C@H](c2cnc(Nc3ccc(S(=O)(=O)NC(C)C)cc3)nc2)C1. The first kappa shape index (κ1) is 24.9. The molecule has 1 aliphatic carbocycles. The van der Waals surface area contributed by atoms with Gasteiger partial charge in [-0.15, -0.1) is 0 Å². The number of carbonyl (C=O) groups excluding carboxylic acids is 1. The lowest BCUT2D eigenvalue weighted by Gasteiger charge is -2.16. The number of rotatable bonds is 9. The number of hydrogen-bond donors (Lipinski definition) is 3. The van der Waals surface area contributed by atoms with Crippen molar-refractivity contribution < 1.29 is 17.9 Å². The van der Waals surface area contributed by atoms with Gasteiger partial charge < -0.3 is 15.4 Å². The largest absolute Gasteiger partial charge is 0.446 e. The van der Waals surface area contributed by atoms with Crippen LogP contribution in [0.4, 0.5) is 16.4 Å². The molecule has 9 nitrogen and oxygen atoms in total. The van der Waals surface area contributed by atoms with Crippen LogP contribution in [0.3, 0.4) is 0 Å². The summed E-state index contributed by atoms with van der Waals surface area (Å²) in [7, 11) is -3.53. The molecule has 3 atom stereocenters. The Hall–Kier alpha value is -2.72. The molecule has 1 heterocycles. The number of sulfonamides is 1. The Labute approximate surface area is 195 Å². The molecule has 2 aromatic rings. The van der Waals surface area contributed by atoms with Crippen LogP contribution in [0.5, 0.6) is 0 Å². The third-order valence-corrected chi connectivity index (χ3v) is 7.26. The van der Waals surface area contributed by atoms with Gasteiger partial charge in [0.05, 0.1) is 4.90 Å². The number of aromatic nitrogens is 2. The first-order valence-corrected chi connectivity index (χ1v) is 12.8. The van der Waals surface area contributed by atoms with E-state index in [9.17, 15) is 13.2 Å². The van der Waals surface area contributed by atoms with Crippen molar-refractivity contribution in [2.24, 2.45) is 0 Å². The Balaban J connectivity index is 1.54. The molecule has 0 unspecified atom stereocenters. The lowest BCUT2D eigenvalue weighted by Crippen LogP contribution is -2.34. The maximum absolute atomic E-state index is 12.2. The summed E-state index contributed by atoms with van der Waals surface area (Å²) in [5, 5.41) is 5.92. The molecule has 33 heavy (non-hydrogen) atoms. The topological polar surface area (TPSA) is 122 Å². The van der Waals surface area contributed by atoms with Crippen molar-refractivity contribution >= 4 is 27.8 Å². The lowest BCUT2D eigenvalue weighted by atomic mass is 10.0. The molecule has 3 rings (SSSR count). The van der Waals surface area contributed by atoms with Gasteiger partial charge in [-0.1, -0.05) is 6.92 Å². The average Bonchev–Trinajstić information content (AvgIpc) is 3.22. The van der Waals surface area contributed by atoms with Gasteiger partial charge in [0.15, 0.2) is 0 Å². The summed E-state index contributed by atoms with van der Waals surface area (Å²) in [6.45, 7) is 7.52. The summed E-state index contributed by atoms with van der Waals surface area (Å²) in [6.07, 6.45) is 6.46. The van der Waals surface area contributed by atoms with Crippen LogP contribution in [-0.4, -0.2) is 42.7 Å². The first-order valence-electron chi connectivity index (χ1n) is 11.3. The first-order chi connectivity index (χ1) is 15.7. The molecular formula is C23H33N5O4S. The van der Waals surface area contributed by atoms with Crippen LogP contribution in [0.25, 0.3) is 0 Å². The van der Waals surface area contributed by atoms with E-state index in [1.807, 2.05) is 13.8 Å². The number of amides is 1. The molecule has 3 N–H and O–H groups in total. The zero-order valence-electron chi connectivity index (χ0n) is 19.5. The summed E-state index contributed by atoms with van der Waals surface area (Å²) >= 11 is 0. The van der Waals surface area contributed by atoms with Crippen molar-refractivity contribution in [2.45, 2.75) is 82.4 Å². The number of alkyl carbamates (subject to hydrolysis) is 1. The highest BCUT2D eigenvalue weighted by molar-refractivity contribution is 7.89. The Morgan fingerprint density at radius 1 is 1.12 bits per heavy atom. The second-order valence-corrected chi connectivity index (χ2v) is 10.5. The molecule has 1 aromatic carbocycles. The van der Waals surface area contributed by atoms with Crippen LogP contribution < -0.4 is 15.4 Å². The van der Waals surface area contributed by atoms with Crippen LogP contribution in [0.1, 0.15) is 64.9 Å². The van der Waals surface area contributed by atoms with E-state index in [0.29, 0.717) is 11.6 Å². The van der Waals surface area contributed by atoms with Crippen molar-refractivity contribution in [3.8, 4) is 0 Å². The predicted octanol–water partition coefficient (Wildman–Crippen LogP) is 4.07. The average molecular weight is 476 g/mol. The van der Waals surface area contributed by atoms with E-state index in [-0.39, 0.29) is 35.1 Å². The lowest BCUT2D eigenvalue weighted by molar-refractivity contribution is 0.0975. The van der Waals surface area contributed by atoms with E-state index in [0.717, 1.165) is 31.2 Å². The second kappa shape index (κ2) is 10.9. The summed E-state index contributed by atoms with van der Waals surface area (Å²) in [4.78, 5) is 20.9. The van der Waals surface area contributed by atoms with Gasteiger partial charge in [0, 0.05) is 30.2 Å². The molecule has 1 aliphatic rings. The normalized spacial score (nSPS) is 19.3. The van der Waals surface area contributed by atoms with Gasteiger partial charge in [-0.25, -0.2) is 27.9 Å². The minimum Gasteiger partial charge on any atom is -0.446 e. The van der Waals surface area contributed by atoms with Crippen molar-refractivity contribution in [1.29, 1.82) is 0 Å². The molecule has 1 aromatic heterocycles. The minimum absolute atomic E-state index is 0.0976. The Bertz CT molecular complexity index is 1030. The standard InChI is InChI=1S/C23H33N5O4S/c1-5-16(4)26-23(29)32-20-9-6-17(12-20)18-13-24-22(25-14-18)27-19-7-10-21(11-8-19)33(30,31)28-15(2)3/h7-8,10-11,13-17,20,28H,5-6,9,12H2,1-4H3,(H,26,29)(H,24,25,27)/t16-,17-,20+/m0/s1. The van der Waals surface area contributed by atoms with Crippen LogP contribution in [0, 0.1) is 0 Å². The number of hydrogen-bond acceptors (Lipinski definition) is 7. The zero-order valence-corrected chi connectivity index (χ0v) is 20.4. The number of carbonyl (C=O) groups is 1. The summed E-state index contributed by atoms with van der Waals surface area (Å²) in [5.41, 5.74) is 1.70. The Kier molecular flexibility index (Phi) is 8.25. The highest BCUT2D eigenvalue weighted by Crippen LogP contribution is 2.35. The van der Waals surface area contributed by atoms with E-state index in [2.05, 4.69) is 25.3 Å². The third kappa shape index (κ3) is 7.13. The van der Waals surface area contributed by atoms with Crippen LogP contribution in [-0.2, 0) is 14.8 Å². The number of nitrogens with one attached hydrogen (secondary N) is 3. The molecule has 0 saturated heterocycles. The van der Waals surface area contributed by atoms with Crippen molar-refractivity contribution in [3.05, 3.63) is 42.2 Å². The van der Waals surface area contributed by atoms with Gasteiger partial charge in [0.25, 0.3) is 0 Å². The fourth-order valence-electron chi connectivity index (χ4n) is 3.68. The molecule has 1 amide bonds. The molecule has 180 valence electrons. The van der Waals surface area contributed by atoms with Crippen molar-refractivity contribution in [3.63, 3.8) is 0 Å². The van der Waals surface area contributed by atoms with Gasteiger partial charge in [0.2, 0.25) is 16.0 Å². The molecular weight excluding hydrogens is 442 g/mol. The number of nitrogens with zero attached hydrogens (tertiary/aromatic N) is 2. The predicted molar refractivity (Wildman–Crippen MR) is 127 cm³/mol. The second-order valence-electron chi connectivity index (χ2n) is 8.76. The molecule has 1 saturated carbocycles. The zero-order chi connectivity index (χ0) is 24.0. The third-order valence-electron chi connectivity index (χ3n) is 5.59. The summed E-state index contributed by atoms with van der Waals surface area (Å²) in [5.74, 6) is 0.673. The van der Waals surface area contributed by atoms with Crippen molar-refractivity contribution in [2.75, 3.05) is 5.32 Å². The molecule has 1 fully saturated rings. The van der Waals surface area contributed by atoms with Crippen molar-refractivity contribution in [1.82, 2.24) is 20.0 Å². The van der Waals surface area contributed by atoms with E-state index in [1.54, 1.807) is 38.4 Å². The van der Waals surface area contributed by atoms with Gasteiger partial charge >= 0.3 is 6.09 Å². The van der Waals surface area contributed by atoms with E-state index in [1.165, 1.54) is 12.1 Å². The number of ether oxygens (including phenoxy) is 1. The summed E-state index contributed by atoms with van der Waals surface area (Å²) < 4.78 is 32.6. The van der Waals surface area contributed by atoms with E-state index >= 15 is 0 Å². The van der Waals surface area contributed by atoms with Gasteiger partial charge in [-0.05, 0) is 82.2 Å². The van der Waals surface area contributed by atoms with Crippen LogP contribution in [0.15, 0.2) is 41.6 Å². The maximum Gasteiger partial charge on any atom is 0.407 e. The molecule has 0 aliphatic heterocycles. The Morgan fingerprint density at radius 2 is 1.79 bits per heavy atom. The smallest absolute Gasteiger partial charge is 0.407 e. The molecule has 10 heteroatoms. The molecule has 0 radical (unpaired) electrons. The van der Waals surface area contributed by atoms with Crippen LogP contribution >= 0.6 is 0 Å². The maximum atomic E-state index is 12.2. The van der Waals surface area contributed by atoms with E-state index in [4.69, 9.17) is 4.74 Å². The fraction of sp³-hybridized carbons (Fsp3) is 0.522. The molecule has 0 bridgehead atoms. The van der Waals surface area contributed by atoms with Crippen LogP contribution in [0.2, 0.25) is 0 Å². The van der Waals surface area contributed by atoms with E-state index < -0.39 is 10.0 Å². The quantitative estimate of drug-likeness (QED) is 0.500. The van der Waals surface area contributed by atoms with Gasteiger partial charge in [0.1, 0.15) is 6.10 Å². The highest BCUT2D eigenvalue weighted by atomic mass is 32.2. The molecule has 0 spiro atoms. The highest BCUT2D eigenvalue weighted by Gasteiger charge is 2.29. The van der Waals surface area contributed by atoms with Gasteiger partial charge in [-0.2, -0.15) is 0 Å². The fourth-order valence-corrected chi connectivity index (χ4v) is 4.93. The minimum atomic E-state index is -3.53. The number of anilines is 2. The monoisotopic (exact) mass is 475 g/mol. The Morgan fingerprint density at radius 3 is 2.39 bits per heavy atom. The number of benzene rings is 1.